The first-order valence-electron chi connectivity index (χ1n) is 8.38. The van der Waals surface area contributed by atoms with Crippen molar-refractivity contribution in [3.05, 3.63) is 47.0 Å². The fraction of sp³-hybridized carbons (Fsp3) is 0.333. The minimum absolute atomic E-state index is 0.404. The number of aryl methyl sites for hydroxylation is 3. The molecule has 160 valence electrons. The van der Waals surface area contributed by atoms with E-state index in [0.29, 0.717) is 11.5 Å². The first-order chi connectivity index (χ1) is 13.5. The molecule has 2 rings (SSSR count). The molecule has 0 spiro atoms. The van der Waals surface area contributed by atoms with Crippen molar-refractivity contribution in [2.75, 3.05) is 13.7 Å². The molecule has 9 nitrogen and oxygen atoms in total. The average Bonchev–Trinajstić information content (AvgIpc) is 2.60. The zero-order valence-electron chi connectivity index (χ0n) is 16.7. The van der Waals surface area contributed by atoms with Crippen molar-refractivity contribution in [1.82, 2.24) is 0 Å². The highest BCUT2D eigenvalue weighted by Gasteiger charge is 2.08. The summed E-state index contributed by atoms with van der Waals surface area (Å²) in [7, 11) is -3.03. The van der Waals surface area contributed by atoms with E-state index >= 15 is 0 Å². The Hall–Kier alpha value is -2.18. The lowest BCUT2D eigenvalue weighted by molar-refractivity contribution is 0.371. The molecule has 0 amide bonds. The van der Waals surface area contributed by atoms with E-state index in [2.05, 4.69) is 10.2 Å². The van der Waals surface area contributed by atoms with E-state index in [1.165, 1.54) is 0 Å². The Bertz CT molecular complexity index is 998. The van der Waals surface area contributed by atoms with Crippen LogP contribution < -0.4 is 4.74 Å². The zero-order valence-corrected chi connectivity index (χ0v) is 18.4. The van der Waals surface area contributed by atoms with Gasteiger partial charge in [-0.25, -0.2) is 4.21 Å². The molecule has 0 aliphatic carbocycles. The van der Waals surface area contributed by atoms with Crippen molar-refractivity contribution in [2.24, 2.45) is 10.2 Å². The molecule has 0 aliphatic rings. The number of benzene rings is 2. The van der Waals surface area contributed by atoms with E-state index in [4.69, 9.17) is 26.4 Å². The average molecular weight is 445 g/mol. The van der Waals surface area contributed by atoms with Crippen LogP contribution in [-0.2, 0) is 25.7 Å². The smallest absolute Gasteiger partial charge is 0.394 e. The number of hydrogen-bond donors (Lipinski definition) is 2. The van der Waals surface area contributed by atoms with Gasteiger partial charge in [0.25, 0.3) is 0 Å². The zero-order chi connectivity index (χ0) is 22.2. The van der Waals surface area contributed by atoms with Gasteiger partial charge in [-0.2, -0.15) is 18.6 Å². The standard InChI is InChI=1S/C18H22N2O3S.H2O4S/c1-6-23-24(21)15-7-8-16(13(3)10-15)19-20-17-11-18(22-5)14(4)9-12(17)2;1-5(2,3)4/h7-11H,6H2,1-5H3;(H2,1,2,3,4). The monoisotopic (exact) mass is 444 g/mol. The number of rotatable bonds is 6. The van der Waals surface area contributed by atoms with Crippen LogP contribution in [0.4, 0.5) is 11.4 Å². The maximum atomic E-state index is 11.9. The molecule has 0 saturated carbocycles. The van der Waals surface area contributed by atoms with Crippen LogP contribution in [0.25, 0.3) is 0 Å². The van der Waals surface area contributed by atoms with E-state index in [9.17, 15) is 4.21 Å². The summed E-state index contributed by atoms with van der Waals surface area (Å²) in [6, 6.07) is 9.25. The van der Waals surface area contributed by atoms with E-state index in [1.54, 1.807) is 19.2 Å². The van der Waals surface area contributed by atoms with Gasteiger partial charge in [0, 0.05) is 6.07 Å². The molecule has 11 heteroatoms. The van der Waals surface area contributed by atoms with Crippen molar-refractivity contribution in [3.63, 3.8) is 0 Å². The van der Waals surface area contributed by atoms with Gasteiger partial charge in [-0.15, -0.1) is 0 Å². The lowest BCUT2D eigenvalue weighted by Crippen LogP contribution is -1.97. The highest BCUT2D eigenvalue weighted by atomic mass is 32.3. The summed E-state index contributed by atoms with van der Waals surface area (Å²) in [5, 5.41) is 8.65. The van der Waals surface area contributed by atoms with Gasteiger partial charge in [-0.1, -0.05) is 6.07 Å². The summed E-state index contributed by atoms with van der Waals surface area (Å²) in [6.07, 6.45) is 0. The third-order valence-corrected chi connectivity index (χ3v) is 4.65. The molecule has 2 aromatic carbocycles. The summed E-state index contributed by atoms with van der Waals surface area (Å²) in [5.41, 5.74) is 4.47. The predicted molar refractivity (Wildman–Crippen MR) is 110 cm³/mol. The second kappa shape index (κ2) is 11.1. The van der Waals surface area contributed by atoms with Crippen molar-refractivity contribution in [3.8, 4) is 5.75 Å². The van der Waals surface area contributed by atoms with Gasteiger partial charge >= 0.3 is 10.4 Å². The molecular weight excluding hydrogens is 420 g/mol. The minimum atomic E-state index is -4.67. The molecule has 0 radical (unpaired) electrons. The van der Waals surface area contributed by atoms with Gasteiger partial charge in [-0.3, -0.25) is 13.3 Å². The Morgan fingerprint density at radius 3 is 2.03 bits per heavy atom. The second-order valence-electron chi connectivity index (χ2n) is 5.85. The third kappa shape index (κ3) is 8.79. The van der Waals surface area contributed by atoms with Crippen LogP contribution in [0.3, 0.4) is 0 Å². The Morgan fingerprint density at radius 1 is 0.966 bits per heavy atom. The molecule has 1 atom stereocenters. The normalized spacial score (nSPS) is 12.4. The molecule has 0 aliphatic heterocycles. The summed E-state index contributed by atoms with van der Waals surface area (Å²) in [5.74, 6) is 0.786. The highest BCUT2D eigenvalue weighted by molar-refractivity contribution is 7.80. The van der Waals surface area contributed by atoms with E-state index in [-0.39, 0.29) is 0 Å². The first-order valence-corrected chi connectivity index (χ1v) is 10.9. The summed E-state index contributed by atoms with van der Waals surface area (Å²) in [6.45, 7) is 8.10. The van der Waals surface area contributed by atoms with Crippen molar-refractivity contribution >= 4 is 32.9 Å². The summed E-state index contributed by atoms with van der Waals surface area (Å²) < 4.78 is 53.9. The SMILES string of the molecule is CCOS(=O)c1ccc(N=Nc2cc(OC)c(C)cc2C)c(C)c1.O=S(=O)(O)O. The maximum absolute atomic E-state index is 11.9. The fourth-order valence-electron chi connectivity index (χ4n) is 2.28. The Kier molecular flexibility index (Phi) is 9.53. The van der Waals surface area contributed by atoms with Crippen molar-refractivity contribution in [1.29, 1.82) is 0 Å². The highest BCUT2D eigenvalue weighted by Crippen LogP contribution is 2.30. The summed E-state index contributed by atoms with van der Waals surface area (Å²) in [4.78, 5) is 0.626. The van der Waals surface area contributed by atoms with Gasteiger partial charge in [0.15, 0.2) is 11.1 Å². The van der Waals surface area contributed by atoms with Crippen LogP contribution in [0.2, 0.25) is 0 Å². The largest absolute Gasteiger partial charge is 0.496 e. The molecule has 0 bridgehead atoms. The fourth-order valence-corrected chi connectivity index (χ4v) is 3.08. The van der Waals surface area contributed by atoms with Crippen LogP contribution in [0.15, 0.2) is 45.5 Å². The number of nitrogens with zero attached hydrogens (tertiary/aromatic N) is 2. The predicted octanol–water partition coefficient (Wildman–Crippen LogP) is 4.44. The Balaban J connectivity index is 0.000000749. The van der Waals surface area contributed by atoms with Gasteiger partial charge in [0.05, 0.1) is 30.0 Å². The van der Waals surface area contributed by atoms with Crippen LogP contribution >= 0.6 is 0 Å². The van der Waals surface area contributed by atoms with Crippen LogP contribution in [0, 0.1) is 20.8 Å². The van der Waals surface area contributed by atoms with Gasteiger partial charge in [-0.05, 0) is 62.6 Å². The second-order valence-corrected chi connectivity index (χ2v) is 7.92. The molecule has 0 heterocycles. The Morgan fingerprint density at radius 2 is 1.52 bits per heavy atom. The Labute approximate surface area is 173 Å². The quantitative estimate of drug-likeness (QED) is 0.496. The minimum Gasteiger partial charge on any atom is -0.496 e. The topological polar surface area (TPSA) is 135 Å². The van der Waals surface area contributed by atoms with E-state index in [0.717, 1.165) is 33.8 Å². The summed E-state index contributed by atoms with van der Waals surface area (Å²) >= 11 is -1.44. The lowest BCUT2D eigenvalue weighted by Gasteiger charge is -2.08. The molecule has 2 aromatic rings. The van der Waals surface area contributed by atoms with Gasteiger partial charge in [0.2, 0.25) is 0 Å². The van der Waals surface area contributed by atoms with Crippen LogP contribution in [0.5, 0.6) is 5.75 Å². The number of azo groups is 1. The van der Waals surface area contributed by atoms with Crippen LogP contribution in [0.1, 0.15) is 23.6 Å². The van der Waals surface area contributed by atoms with Crippen molar-refractivity contribution < 1.29 is 30.7 Å². The molecule has 2 N–H and O–H groups in total. The molecule has 29 heavy (non-hydrogen) atoms. The van der Waals surface area contributed by atoms with Gasteiger partial charge in [0.1, 0.15) is 5.75 Å². The number of methoxy groups -OCH3 is 1. The van der Waals surface area contributed by atoms with Gasteiger partial charge < -0.3 is 4.74 Å². The van der Waals surface area contributed by atoms with Crippen molar-refractivity contribution in [2.45, 2.75) is 32.6 Å². The molecule has 1 unspecified atom stereocenters. The molecule has 0 aromatic heterocycles. The lowest BCUT2D eigenvalue weighted by atomic mass is 10.1. The van der Waals surface area contributed by atoms with E-state index in [1.807, 2.05) is 45.9 Å². The number of ether oxygens (including phenoxy) is 1. The molecular formula is C18H24N2O7S2. The maximum Gasteiger partial charge on any atom is 0.394 e. The number of hydrogen-bond acceptors (Lipinski definition) is 7. The van der Waals surface area contributed by atoms with Crippen LogP contribution in [-0.4, -0.2) is 35.4 Å². The van der Waals surface area contributed by atoms with E-state index < -0.39 is 21.5 Å². The third-order valence-electron chi connectivity index (χ3n) is 3.56. The molecule has 0 fully saturated rings. The molecule has 0 saturated heterocycles. The first kappa shape index (κ1) is 24.9.